The van der Waals surface area contributed by atoms with Gasteiger partial charge in [0.25, 0.3) is 0 Å². The van der Waals surface area contributed by atoms with Crippen LogP contribution in [-0.2, 0) is 18.4 Å². The molecule has 1 N–H and O–H groups in total. The molecule has 0 amide bonds. The second-order valence-electron chi connectivity index (χ2n) is 6.81. The number of thiazole rings is 2. The van der Waals surface area contributed by atoms with Crippen LogP contribution in [0.1, 0.15) is 42.2 Å². The van der Waals surface area contributed by atoms with E-state index < -0.39 is 0 Å². The van der Waals surface area contributed by atoms with Crippen molar-refractivity contribution in [3.8, 4) is 0 Å². The number of hydrogen-bond donors (Lipinski definition) is 1. The van der Waals surface area contributed by atoms with Crippen LogP contribution in [0, 0.1) is 6.92 Å². The predicted octanol–water partition coefficient (Wildman–Crippen LogP) is 4.07. The van der Waals surface area contributed by atoms with Crippen molar-refractivity contribution in [2.75, 3.05) is 20.6 Å². The monoisotopic (exact) mass is 493 g/mol. The summed E-state index contributed by atoms with van der Waals surface area (Å²) in [5.41, 5.74) is 2.37. The minimum Gasteiger partial charge on any atom is -0.356 e. The summed E-state index contributed by atoms with van der Waals surface area (Å²) in [7, 11) is 3.84. The number of aryl methyl sites for hydroxylation is 1. The van der Waals surface area contributed by atoms with Crippen molar-refractivity contribution in [3.05, 3.63) is 32.2 Å². The van der Waals surface area contributed by atoms with E-state index in [4.69, 9.17) is 4.98 Å². The van der Waals surface area contributed by atoms with E-state index in [0.29, 0.717) is 0 Å². The van der Waals surface area contributed by atoms with Gasteiger partial charge in [-0.15, -0.1) is 46.7 Å². The summed E-state index contributed by atoms with van der Waals surface area (Å²) in [5.74, 6) is 0.883. The number of nitrogens with one attached hydrogen (secondary N) is 1. The Morgan fingerprint density at radius 2 is 1.96 bits per heavy atom. The first-order valence-electron chi connectivity index (χ1n) is 8.07. The third kappa shape index (κ3) is 6.82. The molecule has 0 aliphatic rings. The summed E-state index contributed by atoms with van der Waals surface area (Å²) in [6.07, 6.45) is 0.906. The maximum atomic E-state index is 4.74. The molecule has 0 aliphatic heterocycles. The van der Waals surface area contributed by atoms with Crippen molar-refractivity contribution >= 4 is 52.6 Å². The highest BCUT2D eigenvalue weighted by atomic mass is 127. The van der Waals surface area contributed by atoms with Gasteiger partial charge in [0.1, 0.15) is 0 Å². The van der Waals surface area contributed by atoms with Gasteiger partial charge in [-0.05, 0) is 6.92 Å². The van der Waals surface area contributed by atoms with Gasteiger partial charge in [-0.2, -0.15) is 0 Å². The summed E-state index contributed by atoms with van der Waals surface area (Å²) in [5, 5.41) is 9.94. The number of guanidine groups is 1. The second-order valence-corrected chi connectivity index (χ2v) is 8.82. The van der Waals surface area contributed by atoms with E-state index in [1.165, 1.54) is 10.7 Å². The van der Waals surface area contributed by atoms with Gasteiger partial charge in [0.05, 0.1) is 27.9 Å². The van der Waals surface area contributed by atoms with E-state index in [-0.39, 0.29) is 29.4 Å². The minimum atomic E-state index is 0. The Kier molecular flexibility index (Phi) is 8.76. The topological polar surface area (TPSA) is 53.4 Å². The van der Waals surface area contributed by atoms with Crippen LogP contribution in [0.2, 0.25) is 0 Å². The highest BCUT2D eigenvalue weighted by molar-refractivity contribution is 14.0. The Morgan fingerprint density at radius 3 is 2.48 bits per heavy atom. The molecule has 2 aromatic heterocycles. The van der Waals surface area contributed by atoms with Crippen LogP contribution in [0.4, 0.5) is 0 Å². The van der Waals surface area contributed by atoms with Gasteiger partial charge >= 0.3 is 0 Å². The van der Waals surface area contributed by atoms with Crippen molar-refractivity contribution in [1.29, 1.82) is 0 Å². The highest BCUT2D eigenvalue weighted by Gasteiger charge is 2.17. The van der Waals surface area contributed by atoms with Gasteiger partial charge < -0.3 is 10.2 Å². The van der Waals surface area contributed by atoms with Gasteiger partial charge in [-0.1, -0.05) is 20.8 Å². The van der Waals surface area contributed by atoms with Crippen LogP contribution in [0.5, 0.6) is 0 Å². The average molecular weight is 493 g/mol. The largest absolute Gasteiger partial charge is 0.356 e. The fourth-order valence-corrected chi connectivity index (χ4v) is 3.86. The Balaban J connectivity index is 0.00000312. The maximum Gasteiger partial charge on any atom is 0.193 e. The molecule has 0 radical (unpaired) electrons. The molecule has 0 saturated carbocycles. The van der Waals surface area contributed by atoms with Gasteiger partial charge in [-0.3, -0.25) is 4.99 Å². The third-order valence-corrected chi connectivity index (χ3v) is 5.31. The van der Waals surface area contributed by atoms with Crippen LogP contribution in [-0.4, -0.2) is 41.5 Å². The molecule has 2 aromatic rings. The van der Waals surface area contributed by atoms with Crippen molar-refractivity contribution < 1.29 is 0 Å². The zero-order chi connectivity index (χ0) is 17.7. The first-order valence-corrected chi connectivity index (χ1v) is 9.83. The van der Waals surface area contributed by atoms with Crippen LogP contribution in [0.3, 0.4) is 0 Å². The van der Waals surface area contributed by atoms with Crippen LogP contribution < -0.4 is 5.32 Å². The Labute approximate surface area is 176 Å². The number of hydrogen-bond acceptors (Lipinski definition) is 5. The zero-order valence-corrected chi connectivity index (χ0v) is 19.8. The molecule has 0 aromatic carbocycles. The van der Waals surface area contributed by atoms with Crippen molar-refractivity contribution in [3.63, 3.8) is 0 Å². The fraction of sp³-hybridized carbons (Fsp3) is 0.588. The first kappa shape index (κ1) is 22.3. The molecule has 2 heterocycles. The molecule has 0 fully saturated rings. The van der Waals surface area contributed by atoms with Crippen molar-refractivity contribution in [2.24, 2.45) is 4.99 Å². The summed E-state index contributed by atoms with van der Waals surface area (Å²) in [6.45, 7) is 10.2. The number of nitrogens with zero attached hydrogens (tertiary/aromatic N) is 4. The van der Waals surface area contributed by atoms with E-state index in [1.54, 1.807) is 22.7 Å². The lowest BCUT2D eigenvalue weighted by Gasteiger charge is -2.21. The molecule has 0 unspecified atom stereocenters. The van der Waals surface area contributed by atoms with Gasteiger partial charge in [0.15, 0.2) is 5.96 Å². The maximum absolute atomic E-state index is 4.74. The Bertz CT molecular complexity index is 687. The zero-order valence-electron chi connectivity index (χ0n) is 15.8. The third-order valence-electron chi connectivity index (χ3n) is 3.58. The first-order chi connectivity index (χ1) is 11.3. The standard InChI is InChI=1S/C17H27N5S2.HI/c1-12-20-13(10-23-12)9-22(6)16(18-5)19-8-7-15-21-14(11-24-15)17(2,3)4;/h10-11H,7-9H2,1-6H3,(H,18,19);1H. The number of rotatable bonds is 5. The molecular formula is C17H28IN5S2. The molecule has 0 atom stereocenters. The minimum absolute atomic E-state index is 0. The van der Waals surface area contributed by atoms with E-state index in [0.717, 1.165) is 36.2 Å². The fourth-order valence-electron chi connectivity index (χ4n) is 2.23. The Morgan fingerprint density at radius 1 is 1.24 bits per heavy atom. The lowest BCUT2D eigenvalue weighted by molar-refractivity contribution is 0.471. The van der Waals surface area contributed by atoms with Crippen molar-refractivity contribution in [2.45, 2.75) is 46.1 Å². The molecular weight excluding hydrogens is 465 g/mol. The summed E-state index contributed by atoms with van der Waals surface area (Å²) < 4.78 is 0. The van der Waals surface area contributed by atoms with E-state index >= 15 is 0 Å². The van der Waals surface area contributed by atoms with E-state index in [2.05, 4.69) is 51.7 Å². The lowest BCUT2D eigenvalue weighted by Crippen LogP contribution is -2.39. The summed E-state index contributed by atoms with van der Waals surface area (Å²) >= 11 is 3.42. The molecule has 0 saturated heterocycles. The van der Waals surface area contributed by atoms with Crippen molar-refractivity contribution in [1.82, 2.24) is 20.2 Å². The van der Waals surface area contributed by atoms with Gasteiger partial charge in [0.2, 0.25) is 0 Å². The number of halogens is 1. The molecule has 5 nitrogen and oxygen atoms in total. The van der Waals surface area contributed by atoms with Gasteiger partial charge in [-0.25, -0.2) is 9.97 Å². The molecule has 0 bridgehead atoms. The van der Waals surface area contributed by atoms with Gasteiger partial charge in [0, 0.05) is 43.2 Å². The van der Waals surface area contributed by atoms with Crippen LogP contribution in [0.15, 0.2) is 15.8 Å². The van der Waals surface area contributed by atoms with Crippen LogP contribution >= 0.6 is 46.7 Å². The Hall–Kier alpha value is -0.740. The molecule has 0 aliphatic carbocycles. The highest BCUT2D eigenvalue weighted by Crippen LogP contribution is 2.23. The lowest BCUT2D eigenvalue weighted by atomic mass is 9.93. The smallest absolute Gasteiger partial charge is 0.193 e. The number of aliphatic imine (C=N–C) groups is 1. The summed E-state index contributed by atoms with van der Waals surface area (Å²) in [4.78, 5) is 15.7. The van der Waals surface area contributed by atoms with E-state index in [1.807, 2.05) is 21.0 Å². The molecule has 8 heteroatoms. The molecule has 140 valence electrons. The number of aromatic nitrogens is 2. The second kappa shape index (κ2) is 9.82. The summed E-state index contributed by atoms with van der Waals surface area (Å²) in [6, 6.07) is 0. The average Bonchev–Trinajstić information content (AvgIpc) is 3.12. The predicted molar refractivity (Wildman–Crippen MR) is 120 cm³/mol. The molecule has 0 spiro atoms. The van der Waals surface area contributed by atoms with E-state index in [9.17, 15) is 0 Å². The van der Waals surface area contributed by atoms with Crippen LogP contribution in [0.25, 0.3) is 0 Å². The quantitative estimate of drug-likeness (QED) is 0.388. The normalized spacial score (nSPS) is 12.0. The SMILES string of the molecule is CN=C(NCCc1nc(C(C)(C)C)cs1)N(C)Cc1csc(C)n1.I. The molecule has 25 heavy (non-hydrogen) atoms. The molecule has 2 rings (SSSR count).